The summed E-state index contributed by atoms with van der Waals surface area (Å²) in [6.45, 7) is 2.00. The molecule has 0 aliphatic carbocycles. The molecule has 1 amide bonds. The largest absolute Gasteiger partial charge is 0.381 e. The first-order valence-corrected chi connectivity index (χ1v) is 12.2. The van der Waals surface area contributed by atoms with Crippen LogP contribution in [0.2, 0.25) is 0 Å². The second-order valence-corrected chi connectivity index (χ2v) is 8.61. The van der Waals surface area contributed by atoms with Gasteiger partial charge in [0.05, 0.1) is 28.4 Å². The van der Waals surface area contributed by atoms with Crippen LogP contribution in [0.5, 0.6) is 0 Å². The van der Waals surface area contributed by atoms with Crippen LogP contribution >= 0.6 is 0 Å². The van der Waals surface area contributed by atoms with Crippen molar-refractivity contribution in [2.75, 3.05) is 5.73 Å². The minimum atomic E-state index is -0.647. The maximum atomic E-state index is 13.4. The van der Waals surface area contributed by atoms with Crippen molar-refractivity contribution < 1.29 is 4.79 Å². The fourth-order valence-corrected chi connectivity index (χ4v) is 4.15. The Morgan fingerprint density at radius 3 is 2.58 bits per heavy atom. The van der Waals surface area contributed by atoms with Gasteiger partial charge in [-0.1, -0.05) is 43.0 Å². The number of aryl methyl sites for hydroxylation is 2. The van der Waals surface area contributed by atoms with Gasteiger partial charge in [-0.05, 0) is 24.3 Å². The number of fused-ring (bicyclic) bond motifs is 2. The van der Waals surface area contributed by atoms with E-state index in [2.05, 4.69) is 32.0 Å². The highest BCUT2D eigenvalue weighted by Gasteiger charge is 2.16. The molecule has 0 saturated heterocycles. The van der Waals surface area contributed by atoms with Crippen molar-refractivity contribution in [1.82, 2.24) is 38.9 Å². The van der Waals surface area contributed by atoms with E-state index in [0.717, 1.165) is 17.1 Å². The highest BCUT2D eigenvalue weighted by Crippen LogP contribution is 2.17. The molecule has 4 heterocycles. The summed E-state index contributed by atoms with van der Waals surface area (Å²) < 4.78 is 4.68. The lowest BCUT2D eigenvalue weighted by atomic mass is 10.1. The lowest BCUT2D eigenvalue weighted by molar-refractivity contribution is 0.100. The van der Waals surface area contributed by atoms with Gasteiger partial charge in [-0.3, -0.25) is 18.8 Å². The van der Waals surface area contributed by atoms with Crippen LogP contribution in [0.1, 0.15) is 34.2 Å². The van der Waals surface area contributed by atoms with Gasteiger partial charge in [-0.15, -0.1) is 5.10 Å². The van der Waals surface area contributed by atoms with Crippen molar-refractivity contribution in [2.45, 2.75) is 13.3 Å². The molecule has 6 rings (SSSR count). The van der Waals surface area contributed by atoms with E-state index < -0.39 is 5.91 Å². The summed E-state index contributed by atoms with van der Waals surface area (Å²) in [6.07, 6.45) is 6.89. The van der Waals surface area contributed by atoms with Crippen molar-refractivity contribution in [3.05, 3.63) is 106 Å². The van der Waals surface area contributed by atoms with E-state index in [1.807, 2.05) is 68.7 Å². The molecule has 6 aromatic rings. The molecular formula is C28H24N10O2. The van der Waals surface area contributed by atoms with Gasteiger partial charge in [-0.25, -0.2) is 19.5 Å². The topological polar surface area (TPSA) is 165 Å². The summed E-state index contributed by atoms with van der Waals surface area (Å²) in [7, 11) is 1.85. The van der Waals surface area contributed by atoms with Crippen LogP contribution in [0, 0.1) is 11.8 Å². The van der Waals surface area contributed by atoms with Gasteiger partial charge in [0.1, 0.15) is 24.0 Å². The van der Waals surface area contributed by atoms with E-state index in [4.69, 9.17) is 16.5 Å². The molecule has 0 aliphatic rings. The molecule has 4 aromatic heterocycles. The number of amides is 1. The highest BCUT2D eigenvalue weighted by atomic mass is 16.1. The number of rotatable bonds is 3. The number of benzene rings is 2. The third-order valence-electron chi connectivity index (χ3n) is 5.93. The molecule has 0 atom stereocenters. The number of aromatic nitrogens is 8. The van der Waals surface area contributed by atoms with Crippen molar-refractivity contribution in [2.24, 2.45) is 12.8 Å². The van der Waals surface area contributed by atoms with Crippen LogP contribution in [0.4, 0.5) is 5.82 Å². The summed E-state index contributed by atoms with van der Waals surface area (Å²) in [4.78, 5) is 36.6. The van der Waals surface area contributed by atoms with Crippen LogP contribution in [-0.2, 0) is 13.5 Å². The number of primary amides is 1. The fraction of sp³-hybridized carbons (Fsp3) is 0.107. The smallest absolute Gasteiger partial charge is 0.267 e. The van der Waals surface area contributed by atoms with E-state index >= 15 is 0 Å². The molecule has 12 heteroatoms. The highest BCUT2D eigenvalue weighted by molar-refractivity contribution is 6.03. The first-order valence-electron chi connectivity index (χ1n) is 12.2. The SMILES string of the molecule is CCc1nc2cccc(C#Cc3cnn(C)c3)c2c(=O)n1-c1ccccc1.NC(=O)c1c(N)nn2cncnc12. The van der Waals surface area contributed by atoms with Gasteiger partial charge in [0, 0.05) is 25.2 Å². The third kappa shape index (κ3) is 4.99. The van der Waals surface area contributed by atoms with Crippen molar-refractivity contribution in [3.8, 4) is 17.5 Å². The van der Waals surface area contributed by atoms with Crippen LogP contribution in [0.15, 0.2) is 78.4 Å². The second kappa shape index (κ2) is 10.9. The first kappa shape index (κ1) is 25.8. The number of hydrogen-bond acceptors (Lipinski definition) is 8. The van der Waals surface area contributed by atoms with Crippen molar-refractivity contribution in [1.29, 1.82) is 0 Å². The minimum absolute atomic E-state index is 0.0630. The van der Waals surface area contributed by atoms with Crippen LogP contribution in [0.25, 0.3) is 22.2 Å². The normalized spacial score (nSPS) is 10.6. The summed E-state index contributed by atoms with van der Waals surface area (Å²) in [5, 5.41) is 8.46. The quantitative estimate of drug-likeness (QED) is 0.326. The van der Waals surface area contributed by atoms with E-state index in [1.54, 1.807) is 15.4 Å². The average Bonchev–Trinajstić information content (AvgIpc) is 3.53. The Hall–Kier alpha value is -5.83. The summed E-state index contributed by atoms with van der Waals surface area (Å²) >= 11 is 0. The fourth-order valence-electron chi connectivity index (χ4n) is 4.15. The monoisotopic (exact) mass is 532 g/mol. The Kier molecular flexibility index (Phi) is 7.02. The summed E-state index contributed by atoms with van der Waals surface area (Å²) in [5.74, 6) is 6.35. The van der Waals surface area contributed by atoms with Gasteiger partial charge in [0.2, 0.25) is 0 Å². The van der Waals surface area contributed by atoms with Gasteiger partial charge in [0.25, 0.3) is 11.5 Å². The molecule has 0 spiro atoms. The number of carbonyl (C=O) groups is 1. The lowest BCUT2D eigenvalue weighted by Crippen LogP contribution is -2.24. The van der Waals surface area contributed by atoms with E-state index in [1.165, 1.54) is 17.2 Å². The summed E-state index contributed by atoms with van der Waals surface area (Å²) in [5.41, 5.74) is 13.8. The lowest BCUT2D eigenvalue weighted by Gasteiger charge is -2.13. The molecule has 4 N–H and O–H groups in total. The van der Waals surface area contributed by atoms with Crippen LogP contribution in [-0.4, -0.2) is 44.8 Å². The minimum Gasteiger partial charge on any atom is -0.381 e. The van der Waals surface area contributed by atoms with Crippen molar-refractivity contribution in [3.63, 3.8) is 0 Å². The Balaban J connectivity index is 0.000000207. The zero-order valence-electron chi connectivity index (χ0n) is 21.7. The molecule has 2 aromatic carbocycles. The summed E-state index contributed by atoms with van der Waals surface area (Å²) in [6, 6.07) is 15.2. The van der Waals surface area contributed by atoms with Crippen LogP contribution in [0.3, 0.4) is 0 Å². The molecule has 40 heavy (non-hydrogen) atoms. The Bertz CT molecular complexity index is 1980. The average molecular weight is 533 g/mol. The Morgan fingerprint density at radius 1 is 1.07 bits per heavy atom. The van der Waals surface area contributed by atoms with E-state index in [0.29, 0.717) is 28.5 Å². The van der Waals surface area contributed by atoms with Gasteiger partial charge >= 0.3 is 0 Å². The molecule has 198 valence electrons. The molecular weight excluding hydrogens is 508 g/mol. The standard InChI is InChI=1S/C22H18N4O.C6H6N6O/c1-3-20-24-19-11-7-8-17(13-12-16-14-23-25(2)15-16)21(19)22(27)26(20)18-9-5-4-6-10-18;7-4-3(5(8)13)6-10-1-9-2-12(6)11-4/h4-11,14-15H,3H2,1-2H3;1-2H,(H2,7,11)(H2,8,13). The number of nitrogens with two attached hydrogens (primary N) is 2. The second-order valence-electron chi connectivity index (χ2n) is 8.61. The van der Waals surface area contributed by atoms with Crippen LogP contribution < -0.4 is 17.0 Å². The zero-order chi connectivity index (χ0) is 28.2. The number of anilines is 1. The number of hydrogen-bond donors (Lipinski definition) is 2. The Morgan fingerprint density at radius 2 is 1.88 bits per heavy atom. The molecule has 0 aliphatic heterocycles. The molecule has 12 nitrogen and oxygen atoms in total. The molecule has 0 saturated carbocycles. The predicted octanol–water partition coefficient (Wildman–Crippen LogP) is 1.89. The van der Waals surface area contributed by atoms with Gasteiger partial charge in [-0.2, -0.15) is 5.10 Å². The molecule has 0 unspecified atom stereocenters. The van der Waals surface area contributed by atoms with Gasteiger partial charge < -0.3 is 11.5 Å². The van der Waals surface area contributed by atoms with E-state index in [-0.39, 0.29) is 16.9 Å². The number of nitrogens with zero attached hydrogens (tertiary/aromatic N) is 8. The number of nitrogen functional groups attached to an aromatic ring is 1. The maximum absolute atomic E-state index is 13.4. The number of carbonyl (C=O) groups excluding carboxylic acids is 1. The first-order chi connectivity index (χ1) is 19.4. The third-order valence-corrected chi connectivity index (χ3v) is 5.93. The van der Waals surface area contributed by atoms with Crippen molar-refractivity contribution >= 4 is 28.3 Å². The predicted molar refractivity (Wildman–Crippen MR) is 150 cm³/mol. The van der Waals surface area contributed by atoms with E-state index in [9.17, 15) is 9.59 Å². The maximum Gasteiger partial charge on any atom is 0.267 e. The Labute approximate surface area is 227 Å². The zero-order valence-corrected chi connectivity index (χ0v) is 21.7. The molecule has 0 radical (unpaired) electrons. The molecule has 0 fully saturated rings. The molecule has 0 bridgehead atoms. The number of para-hydroxylation sites is 1. The van der Waals surface area contributed by atoms with Gasteiger partial charge in [0.15, 0.2) is 11.5 Å².